The third-order valence-corrected chi connectivity index (χ3v) is 7.79. The van der Waals surface area contributed by atoms with Gasteiger partial charge in [0.1, 0.15) is 0 Å². The number of rotatable bonds is 4. The number of fused-ring (bicyclic) bond motifs is 2. The molecule has 0 radical (unpaired) electrons. The fraction of sp³-hybridized carbons (Fsp3) is 0.304. The van der Waals surface area contributed by atoms with E-state index in [0.717, 1.165) is 61.0 Å². The van der Waals surface area contributed by atoms with Gasteiger partial charge in [-0.15, -0.1) is 0 Å². The van der Waals surface area contributed by atoms with Gasteiger partial charge >= 0.3 is 0 Å². The van der Waals surface area contributed by atoms with Crippen molar-refractivity contribution < 1.29 is 17.7 Å². The number of anilines is 2. The van der Waals surface area contributed by atoms with Crippen LogP contribution in [0.2, 0.25) is 0 Å². The third-order valence-electron chi connectivity index (χ3n) is 5.96. The molecular weight excluding hydrogens is 414 g/mol. The average molecular weight is 438 g/mol. The van der Waals surface area contributed by atoms with Crippen LogP contribution in [-0.4, -0.2) is 26.0 Å². The molecule has 8 heteroatoms. The number of carbonyl (C=O) groups is 1. The van der Waals surface area contributed by atoms with Gasteiger partial charge in [0.15, 0.2) is 0 Å². The Morgan fingerprint density at radius 3 is 2.58 bits per heavy atom. The third kappa shape index (κ3) is 3.61. The van der Waals surface area contributed by atoms with Gasteiger partial charge < -0.3 is 4.52 Å². The Morgan fingerprint density at radius 2 is 1.74 bits per heavy atom. The first kappa shape index (κ1) is 19.8. The van der Waals surface area contributed by atoms with Gasteiger partial charge in [0.2, 0.25) is 5.88 Å². The molecule has 0 saturated carbocycles. The van der Waals surface area contributed by atoms with E-state index in [1.807, 2.05) is 24.3 Å². The molecule has 1 aromatic heterocycles. The van der Waals surface area contributed by atoms with E-state index in [1.54, 1.807) is 0 Å². The van der Waals surface area contributed by atoms with E-state index in [2.05, 4.69) is 10.5 Å². The highest BCUT2D eigenvalue weighted by Crippen LogP contribution is 2.32. The van der Waals surface area contributed by atoms with Crippen LogP contribution in [0.25, 0.3) is 0 Å². The molecule has 5 rings (SSSR count). The van der Waals surface area contributed by atoms with Crippen LogP contribution in [0.1, 0.15) is 46.4 Å². The Labute approximate surface area is 181 Å². The molecule has 3 aromatic rings. The van der Waals surface area contributed by atoms with Crippen molar-refractivity contribution in [2.45, 2.75) is 43.4 Å². The molecule has 7 nitrogen and oxygen atoms in total. The normalized spacial score (nSPS) is 15.8. The largest absolute Gasteiger partial charge is 0.338 e. The number of aromatic nitrogens is 1. The van der Waals surface area contributed by atoms with Crippen LogP contribution in [0, 0.1) is 0 Å². The van der Waals surface area contributed by atoms with Crippen molar-refractivity contribution in [3.05, 3.63) is 70.9 Å². The molecule has 0 atom stereocenters. The fourth-order valence-electron chi connectivity index (χ4n) is 4.32. The minimum Gasteiger partial charge on any atom is -0.338 e. The van der Waals surface area contributed by atoms with Crippen LogP contribution < -0.4 is 9.62 Å². The lowest BCUT2D eigenvalue weighted by Gasteiger charge is -2.30. The van der Waals surface area contributed by atoms with Crippen LogP contribution >= 0.6 is 0 Å². The van der Waals surface area contributed by atoms with Gasteiger partial charge in [-0.3, -0.25) is 14.4 Å². The maximum atomic E-state index is 13.2. The highest BCUT2D eigenvalue weighted by Gasteiger charge is 2.29. The lowest BCUT2D eigenvalue weighted by Crippen LogP contribution is -2.35. The van der Waals surface area contributed by atoms with Crippen molar-refractivity contribution in [3.8, 4) is 0 Å². The Morgan fingerprint density at radius 1 is 0.968 bits per heavy atom. The van der Waals surface area contributed by atoms with E-state index >= 15 is 0 Å². The number of para-hydroxylation sites is 1. The van der Waals surface area contributed by atoms with E-state index in [0.29, 0.717) is 18.0 Å². The maximum Gasteiger partial charge on any atom is 0.264 e. The van der Waals surface area contributed by atoms with Gasteiger partial charge in [0.05, 0.1) is 16.3 Å². The zero-order valence-corrected chi connectivity index (χ0v) is 17.8. The summed E-state index contributed by atoms with van der Waals surface area (Å²) < 4.78 is 33.3. The molecule has 0 unspecified atom stereocenters. The molecule has 31 heavy (non-hydrogen) atoms. The zero-order valence-electron chi connectivity index (χ0n) is 17.0. The van der Waals surface area contributed by atoms with Gasteiger partial charge in [-0.05, 0) is 74.4 Å². The summed E-state index contributed by atoms with van der Waals surface area (Å²) in [4.78, 5) is 12.8. The van der Waals surface area contributed by atoms with Crippen molar-refractivity contribution in [1.82, 2.24) is 5.16 Å². The van der Waals surface area contributed by atoms with Gasteiger partial charge in [-0.25, -0.2) is 8.42 Å². The van der Waals surface area contributed by atoms with E-state index in [9.17, 15) is 13.2 Å². The second-order valence-electron chi connectivity index (χ2n) is 7.93. The first-order valence-electron chi connectivity index (χ1n) is 10.5. The van der Waals surface area contributed by atoms with Crippen molar-refractivity contribution in [3.63, 3.8) is 0 Å². The molecule has 160 valence electrons. The highest BCUT2D eigenvalue weighted by molar-refractivity contribution is 7.92. The number of sulfonamides is 1. The standard InChI is InChI=1S/C23H23N3O4S/c27-22(24-23-19-8-2-3-9-20(19)25-30-23)17-11-13-18(14-12-17)31(28,29)26-15-5-7-16-6-1-4-10-21(16)26/h1,4,6,10-14H,2-3,5,7-9,15H2,(H,24,27). The quantitative estimate of drug-likeness (QED) is 0.667. The Bertz CT molecular complexity index is 1230. The minimum absolute atomic E-state index is 0.165. The van der Waals surface area contributed by atoms with Crippen LogP contribution in [0.4, 0.5) is 11.6 Å². The number of amides is 1. The first-order valence-corrected chi connectivity index (χ1v) is 12.0. The van der Waals surface area contributed by atoms with Gasteiger partial charge in [-0.2, -0.15) is 0 Å². The second kappa shape index (κ2) is 7.85. The molecule has 0 saturated heterocycles. The summed E-state index contributed by atoms with van der Waals surface area (Å²) in [5.41, 5.74) is 3.99. The summed E-state index contributed by atoms with van der Waals surface area (Å²) in [6, 6.07) is 13.6. The summed E-state index contributed by atoms with van der Waals surface area (Å²) in [6.45, 7) is 0.443. The van der Waals surface area contributed by atoms with Crippen molar-refractivity contribution >= 4 is 27.5 Å². The SMILES string of the molecule is O=C(Nc1onc2c1CCCC2)c1ccc(S(=O)(=O)N2CCCc3ccccc32)cc1. The van der Waals surface area contributed by atoms with E-state index in [4.69, 9.17) is 4.52 Å². The maximum absolute atomic E-state index is 13.2. The predicted octanol–water partition coefficient (Wildman–Crippen LogP) is 3.95. The summed E-state index contributed by atoms with van der Waals surface area (Å²) >= 11 is 0. The molecule has 0 fully saturated rings. The van der Waals surface area contributed by atoms with Gasteiger partial charge in [0, 0.05) is 17.7 Å². The van der Waals surface area contributed by atoms with Crippen molar-refractivity contribution in [2.24, 2.45) is 0 Å². The number of carbonyl (C=O) groups excluding carboxylic acids is 1. The van der Waals surface area contributed by atoms with E-state index in [-0.39, 0.29) is 10.8 Å². The van der Waals surface area contributed by atoms with Gasteiger partial charge in [0.25, 0.3) is 15.9 Å². The predicted molar refractivity (Wildman–Crippen MR) is 117 cm³/mol. The van der Waals surface area contributed by atoms with Crippen molar-refractivity contribution in [2.75, 3.05) is 16.2 Å². The molecule has 1 aliphatic carbocycles. The summed E-state index contributed by atoms with van der Waals surface area (Å²) in [5, 5.41) is 6.82. The van der Waals surface area contributed by atoms with Crippen molar-refractivity contribution in [1.29, 1.82) is 0 Å². The molecule has 1 aliphatic heterocycles. The molecule has 0 spiro atoms. The number of benzene rings is 2. The average Bonchev–Trinajstić information content (AvgIpc) is 3.21. The van der Waals surface area contributed by atoms with E-state index < -0.39 is 10.0 Å². The lowest BCUT2D eigenvalue weighted by atomic mass is 9.97. The number of nitrogens with zero attached hydrogens (tertiary/aromatic N) is 2. The summed E-state index contributed by atoms with van der Waals surface area (Å²) in [6.07, 6.45) is 5.46. The van der Waals surface area contributed by atoms with Crippen LogP contribution in [0.5, 0.6) is 0 Å². The number of hydrogen-bond acceptors (Lipinski definition) is 5. The summed E-state index contributed by atoms with van der Waals surface area (Å²) in [5.74, 6) is 0.0399. The Kier molecular flexibility index (Phi) is 5.02. The lowest BCUT2D eigenvalue weighted by molar-refractivity contribution is 0.102. The fourth-order valence-corrected chi connectivity index (χ4v) is 5.86. The molecular formula is C23H23N3O4S. The topological polar surface area (TPSA) is 92.5 Å². The summed E-state index contributed by atoms with van der Waals surface area (Å²) in [7, 11) is -3.71. The van der Waals surface area contributed by atoms with Crippen LogP contribution in [0.15, 0.2) is 57.9 Å². The number of aryl methyl sites for hydroxylation is 2. The smallest absolute Gasteiger partial charge is 0.264 e. The van der Waals surface area contributed by atoms with Crippen LogP contribution in [0.3, 0.4) is 0 Å². The zero-order chi connectivity index (χ0) is 21.4. The molecule has 2 aliphatic rings. The Hall–Kier alpha value is -3.13. The highest BCUT2D eigenvalue weighted by atomic mass is 32.2. The molecule has 1 N–H and O–H groups in total. The molecule has 0 bridgehead atoms. The molecule has 2 aromatic carbocycles. The monoisotopic (exact) mass is 437 g/mol. The number of hydrogen-bond donors (Lipinski definition) is 1. The molecule has 1 amide bonds. The second-order valence-corrected chi connectivity index (χ2v) is 9.79. The Balaban J connectivity index is 1.36. The molecule has 2 heterocycles. The first-order chi connectivity index (χ1) is 15.0. The van der Waals surface area contributed by atoms with E-state index in [1.165, 1.54) is 28.6 Å². The van der Waals surface area contributed by atoms with Crippen LogP contribution in [-0.2, 0) is 29.3 Å². The van der Waals surface area contributed by atoms with Gasteiger partial charge in [-0.1, -0.05) is 23.4 Å². The number of nitrogens with one attached hydrogen (secondary N) is 1. The minimum atomic E-state index is -3.71.